The van der Waals surface area contributed by atoms with E-state index in [9.17, 15) is 4.79 Å². The van der Waals surface area contributed by atoms with E-state index in [4.69, 9.17) is 13.9 Å². The topological polar surface area (TPSA) is 48.7 Å². The molecular formula is C17H16O4. The van der Waals surface area contributed by atoms with Crippen LogP contribution >= 0.6 is 0 Å². The van der Waals surface area contributed by atoms with Gasteiger partial charge in [-0.25, -0.2) is 0 Å². The van der Waals surface area contributed by atoms with Gasteiger partial charge in [0.15, 0.2) is 17.3 Å². The van der Waals surface area contributed by atoms with Crippen molar-refractivity contribution >= 4 is 11.9 Å². The summed E-state index contributed by atoms with van der Waals surface area (Å²) in [6.45, 7) is 0. The number of benzene rings is 1. The van der Waals surface area contributed by atoms with E-state index in [1.165, 1.54) is 13.2 Å². The van der Waals surface area contributed by atoms with Crippen molar-refractivity contribution in [3.63, 3.8) is 0 Å². The van der Waals surface area contributed by atoms with E-state index in [0.717, 1.165) is 5.76 Å². The van der Waals surface area contributed by atoms with Gasteiger partial charge in [-0.2, -0.15) is 0 Å². The molecular weight excluding hydrogens is 268 g/mol. The lowest BCUT2D eigenvalue weighted by Gasteiger charge is -2.07. The second-order valence-electron chi connectivity index (χ2n) is 4.17. The molecule has 0 amide bonds. The minimum atomic E-state index is -0.111. The zero-order valence-corrected chi connectivity index (χ0v) is 11.9. The SMILES string of the molecule is COc1ccc(C(=O)/C=C/C=C/c2ccco2)cc1OC. The number of ether oxygens (including phenoxy) is 2. The number of allylic oxidation sites excluding steroid dienone is 3. The Hall–Kier alpha value is -2.75. The van der Waals surface area contributed by atoms with Crippen molar-refractivity contribution in [2.24, 2.45) is 0 Å². The molecule has 1 heterocycles. The lowest BCUT2D eigenvalue weighted by atomic mass is 10.1. The van der Waals surface area contributed by atoms with E-state index in [0.29, 0.717) is 17.1 Å². The Bertz CT molecular complexity index is 651. The minimum absolute atomic E-state index is 0.111. The highest BCUT2D eigenvalue weighted by atomic mass is 16.5. The van der Waals surface area contributed by atoms with E-state index < -0.39 is 0 Å². The number of furan rings is 1. The molecule has 0 radical (unpaired) electrons. The first-order chi connectivity index (χ1) is 10.2. The molecule has 108 valence electrons. The Labute approximate surface area is 123 Å². The summed E-state index contributed by atoms with van der Waals surface area (Å²) < 4.78 is 15.5. The summed E-state index contributed by atoms with van der Waals surface area (Å²) in [7, 11) is 3.09. The molecule has 0 saturated carbocycles. The Morgan fingerprint density at radius 1 is 1.10 bits per heavy atom. The molecule has 0 aliphatic carbocycles. The molecule has 0 fully saturated rings. The smallest absolute Gasteiger partial charge is 0.185 e. The molecule has 4 nitrogen and oxygen atoms in total. The summed E-state index contributed by atoms with van der Waals surface area (Å²) in [6.07, 6.45) is 8.27. The van der Waals surface area contributed by atoms with Crippen LogP contribution in [0.1, 0.15) is 16.1 Å². The monoisotopic (exact) mass is 284 g/mol. The first-order valence-corrected chi connectivity index (χ1v) is 6.39. The van der Waals surface area contributed by atoms with Crippen LogP contribution in [0.15, 0.2) is 59.2 Å². The summed E-state index contributed by atoms with van der Waals surface area (Å²) in [5.74, 6) is 1.75. The molecule has 1 aromatic carbocycles. The highest BCUT2D eigenvalue weighted by molar-refractivity contribution is 6.05. The molecule has 0 bridgehead atoms. The van der Waals surface area contributed by atoms with Crippen molar-refractivity contribution in [3.05, 3.63) is 66.1 Å². The summed E-state index contributed by atoms with van der Waals surface area (Å²) in [5, 5.41) is 0. The van der Waals surface area contributed by atoms with Crippen LogP contribution in [0.25, 0.3) is 6.08 Å². The average molecular weight is 284 g/mol. The number of ketones is 1. The predicted octanol–water partition coefficient (Wildman–Crippen LogP) is 3.75. The van der Waals surface area contributed by atoms with Crippen LogP contribution in [0.3, 0.4) is 0 Å². The highest BCUT2D eigenvalue weighted by Crippen LogP contribution is 2.27. The standard InChI is InChI=1S/C17H16O4/c1-19-16-10-9-13(12-17(16)20-2)15(18)8-4-3-6-14-7-5-11-21-14/h3-12H,1-2H3/b6-3+,8-4+. The molecule has 0 aliphatic heterocycles. The molecule has 2 aromatic rings. The van der Waals surface area contributed by atoms with E-state index in [1.54, 1.807) is 55.9 Å². The molecule has 2 rings (SSSR count). The predicted molar refractivity (Wildman–Crippen MR) is 80.8 cm³/mol. The number of carbonyl (C=O) groups excluding carboxylic acids is 1. The summed E-state index contributed by atoms with van der Waals surface area (Å²) in [5.41, 5.74) is 0.537. The van der Waals surface area contributed by atoms with Crippen molar-refractivity contribution in [2.75, 3.05) is 14.2 Å². The van der Waals surface area contributed by atoms with Gasteiger partial charge in [-0.15, -0.1) is 0 Å². The van der Waals surface area contributed by atoms with E-state index in [1.807, 2.05) is 6.07 Å². The van der Waals surface area contributed by atoms with Gasteiger partial charge in [-0.1, -0.05) is 12.2 Å². The van der Waals surface area contributed by atoms with E-state index in [2.05, 4.69) is 0 Å². The minimum Gasteiger partial charge on any atom is -0.493 e. The molecule has 21 heavy (non-hydrogen) atoms. The van der Waals surface area contributed by atoms with Gasteiger partial charge in [0.05, 0.1) is 20.5 Å². The number of hydrogen-bond donors (Lipinski definition) is 0. The van der Waals surface area contributed by atoms with Crippen molar-refractivity contribution in [3.8, 4) is 11.5 Å². The Kier molecular flexibility index (Phi) is 4.99. The normalized spacial score (nSPS) is 11.1. The fraction of sp³-hybridized carbons (Fsp3) is 0.118. The molecule has 0 atom stereocenters. The van der Waals surface area contributed by atoms with Gasteiger partial charge in [0.1, 0.15) is 5.76 Å². The van der Waals surface area contributed by atoms with Gasteiger partial charge in [0, 0.05) is 5.56 Å². The summed E-state index contributed by atoms with van der Waals surface area (Å²) in [4.78, 5) is 12.0. The van der Waals surface area contributed by atoms with Crippen LogP contribution in [0.4, 0.5) is 0 Å². The Morgan fingerprint density at radius 3 is 2.57 bits per heavy atom. The first kappa shape index (κ1) is 14.7. The van der Waals surface area contributed by atoms with Gasteiger partial charge in [-0.3, -0.25) is 4.79 Å². The van der Waals surface area contributed by atoms with E-state index in [-0.39, 0.29) is 5.78 Å². The van der Waals surface area contributed by atoms with Gasteiger partial charge >= 0.3 is 0 Å². The fourth-order valence-corrected chi connectivity index (χ4v) is 1.77. The van der Waals surface area contributed by atoms with Crippen LogP contribution in [-0.2, 0) is 0 Å². The lowest BCUT2D eigenvalue weighted by Crippen LogP contribution is -1.97. The number of carbonyl (C=O) groups is 1. The first-order valence-electron chi connectivity index (χ1n) is 6.39. The number of hydrogen-bond acceptors (Lipinski definition) is 4. The molecule has 0 N–H and O–H groups in total. The van der Waals surface area contributed by atoms with Crippen LogP contribution in [0, 0.1) is 0 Å². The molecule has 0 unspecified atom stereocenters. The molecule has 1 aromatic heterocycles. The third-order valence-corrected chi connectivity index (χ3v) is 2.83. The maximum Gasteiger partial charge on any atom is 0.185 e. The summed E-state index contributed by atoms with van der Waals surface area (Å²) in [6, 6.07) is 8.70. The van der Waals surface area contributed by atoms with Gasteiger partial charge in [0.25, 0.3) is 0 Å². The zero-order valence-electron chi connectivity index (χ0n) is 11.9. The van der Waals surface area contributed by atoms with Crippen LogP contribution in [-0.4, -0.2) is 20.0 Å². The Morgan fingerprint density at radius 2 is 1.90 bits per heavy atom. The van der Waals surface area contributed by atoms with Crippen molar-refractivity contribution in [1.82, 2.24) is 0 Å². The van der Waals surface area contributed by atoms with E-state index >= 15 is 0 Å². The molecule has 0 saturated heterocycles. The molecule has 4 heteroatoms. The van der Waals surface area contributed by atoms with Gasteiger partial charge in [0.2, 0.25) is 0 Å². The highest BCUT2D eigenvalue weighted by Gasteiger charge is 2.08. The number of rotatable bonds is 6. The van der Waals surface area contributed by atoms with Crippen LogP contribution in [0.5, 0.6) is 11.5 Å². The quantitative estimate of drug-likeness (QED) is 0.460. The second-order valence-corrected chi connectivity index (χ2v) is 4.17. The molecule has 0 spiro atoms. The van der Waals surface area contributed by atoms with Gasteiger partial charge in [-0.05, 0) is 42.5 Å². The largest absolute Gasteiger partial charge is 0.493 e. The average Bonchev–Trinajstić information content (AvgIpc) is 3.04. The van der Waals surface area contributed by atoms with Crippen LogP contribution in [0.2, 0.25) is 0 Å². The zero-order chi connectivity index (χ0) is 15.1. The fourth-order valence-electron chi connectivity index (χ4n) is 1.77. The summed E-state index contributed by atoms with van der Waals surface area (Å²) >= 11 is 0. The van der Waals surface area contributed by atoms with Crippen LogP contribution < -0.4 is 9.47 Å². The van der Waals surface area contributed by atoms with Crippen molar-refractivity contribution in [2.45, 2.75) is 0 Å². The van der Waals surface area contributed by atoms with Gasteiger partial charge < -0.3 is 13.9 Å². The lowest BCUT2D eigenvalue weighted by molar-refractivity contribution is 0.104. The maximum absolute atomic E-state index is 12.0. The molecule has 0 aliphatic rings. The number of methoxy groups -OCH3 is 2. The third-order valence-electron chi connectivity index (χ3n) is 2.83. The third kappa shape index (κ3) is 3.86. The second kappa shape index (κ2) is 7.14. The van der Waals surface area contributed by atoms with Crippen molar-refractivity contribution in [1.29, 1.82) is 0 Å². The van der Waals surface area contributed by atoms with Crippen molar-refractivity contribution < 1.29 is 18.7 Å². The maximum atomic E-state index is 12.0. The Balaban J connectivity index is 2.06.